The second-order valence-electron chi connectivity index (χ2n) is 3.46. The maximum absolute atomic E-state index is 12.8. The van der Waals surface area contributed by atoms with Gasteiger partial charge in [-0.25, -0.2) is 4.39 Å². The number of hydrogen-bond acceptors (Lipinski definition) is 4. The van der Waals surface area contributed by atoms with Crippen molar-refractivity contribution in [2.45, 2.75) is 6.42 Å². The summed E-state index contributed by atoms with van der Waals surface area (Å²) in [5, 5.41) is 0. The third kappa shape index (κ3) is 4.25. The average Bonchev–Trinajstić information content (AvgIpc) is 2.25. The van der Waals surface area contributed by atoms with E-state index in [0.29, 0.717) is 19.5 Å². The summed E-state index contributed by atoms with van der Waals surface area (Å²) in [5.74, 6) is -0.602. The van der Waals surface area contributed by atoms with Gasteiger partial charge in [-0.05, 0) is 13.0 Å². The van der Waals surface area contributed by atoms with Crippen molar-refractivity contribution < 1.29 is 12.8 Å². The summed E-state index contributed by atoms with van der Waals surface area (Å²) >= 11 is 0. The monoisotopic (exact) mass is 262 g/mol. The number of nitrogens with two attached hydrogens (primary N) is 1. The van der Waals surface area contributed by atoms with Gasteiger partial charge in [-0.1, -0.05) is 0 Å². The van der Waals surface area contributed by atoms with E-state index in [9.17, 15) is 12.8 Å². The van der Waals surface area contributed by atoms with Crippen molar-refractivity contribution in [2.75, 3.05) is 24.9 Å². The number of nitrogens with one attached hydrogen (secondary N) is 1. The Morgan fingerprint density at radius 1 is 1.53 bits per heavy atom. The Balaban J connectivity index is 2.72. The molecule has 0 spiro atoms. The van der Waals surface area contributed by atoms with Crippen LogP contribution in [0.25, 0.3) is 0 Å². The molecule has 17 heavy (non-hydrogen) atoms. The molecule has 0 atom stereocenters. The molecule has 0 saturated carbocycles. The Kier molecular flexibility index (Phi) is 4.79. The number of hydrogen-bond donors (Lipinski definition) is 2. The van der Waals surface area contributed by atoms with Crippen LogP contribution in [0.3, 0.4) is 0 Å². The van der Waals surface area contributed by atoms with Gasteiger partial charge in [-0.2, -0.15) is 12.7 Å². The first-order valence-corrected chi connectivity index (χ1v) is 6.44. The van der Waals surface area contributed by atoms with Gasteiger partial charge in [0.25, 0.3) is 0 Å². The molecule has 8 heteroatoms. The van der Waals surface area contributed by atoms with Gasteiger partial charge in [0.1, 0.15) is 5.82 Å². The molecule has 1 aromatic rings. The zero-order valence-electron chi connectivity index (χ0n) is 9.43. The molecule has 1 rings (SSSR count). The van der Waals surface area contributed by atoms with Gasteiger partial charge in [0, 0.05) is 19.7 Å². The van der Waals surface area contributed by atoms with Crippen LogP contribution in [0.2, 0.25) is 0 Å². The highest BCUT2D eigenvalue weighted by molar-refractivity contribution is 7.90. The lowest BCUT2D eigenvalue weighted by molar-refractivity contribution is 0.468. The van der Waals surface area contributed by atoms with Gasteiger partial charge in [0.05, 0.1) is 18.1 Å². The van der Waals surface area contributed by atoms with E-state index in [4.69, 9.17) is 5.73 Å². The molecular weight excluding hydrogens is 247 g/mol. The van der Waals surface area contributed by atoms with Gasteiger partial charge < -0.3 is 5.73 Å². The van der Waals surface area contributed by atoms with E-state index in [0.717, 1.165) is 16.6 Å². The Hall–Kier alpha value is -1.25. The summed E-state index contributed by atoms with van der Waals surface area (Å²) in [7, 11) is -2.26. The molecule has 0 fully saturated rings. The first kappa shape index (κ1) is 13.8. The van der Waals surface area contributed by atoms with Crippen molar-refractivity contribution >= 4 is 15.9 Å². The molecule has 0 aromatic carbocycles. The fourth-order valence-electron chi connectivity index (χ4n) is 1.13. The second kappa shape index (κ2) is 5.89. The molecule has 96 valence electrons. The van der Waals surface area contributed by atoms with E-state index in [-0.39, 0.29) is 5.69 Å². The summed E-state index contributed by atoms with van der Waals surface area (Å²) in [6.45, 7) is 0.704. The van der Waals surface area contributed by atoms with Crippen LogP contribution in [0, 0.1) is 5.82 Å². The minimum absolute atomic E-state index is 0.0876. The predicted octanol–water partition coefficient (Wildman–Crippen LogP) is 0.158. The van der Waals surface area contributed by atoms with Crippen LogP contribution >= 0.6 is 0 Å². The Morgan fingerprint density at radius 2 is 2.24 bits per heavy atom. The average molecular weight is 262 g/mol. The third-order valence-corrected chi connectivity index (χ3v) is 3.54. The van der Waals surface area contributed by atoms with Crippen molar-refractivity contribution in [3.8, 4) is 0 Å². The van der Waals surface area contributed by atoms with E-state index in [2.05, 4.69) is 9.71 Å². The Labute approximate surface area is 99.8 Å². The molecule has 0 saturated heterocycles. The Bertz CT molecular complexity index is 466. The third-order valence-electron chi connectivity index (χ3n) is 2.04. The van der Waals surface area contributed by atoms with E-state index in [1.54, 1.807) is 0 Å². The second-order valence-corrected chi connectivity index (χ2v) is 5.24. The van der Waals surface area contributed by atoms with Crippen molar-refractivity contribution in [1.29, 1.82) is 0 Å². The highest BCUT2D eigenvalue weighted by Crippen LogP contribution is 2.10. The predicted molar refractivity (Wildman–Crippen MR) is 63.0 cm³/mol. The van der Waals surface area contributed by atoms with Crippen LogP contribution in [0.15, 0.2) is 18.5 Å². The summed E-state index contributed by atoms with van der Waals surface area (Å²) in [4.78, 5) is 3.55. The van der Waals surface area contributed by atoms with E-state index >= 15 is 0 Å². The van der Waals surface area contributed by atoms with Crippen LogP contribution in [0.4, 0.5) is 10.1 Å². The fourth-order valence-corrected chi connectivity index (χ4v) is 2.06. The van der Waals surface area contributed by atoms with Crippen LogP contribution in [-0.4, -0.2) is 37.8 Å². The van der Waals surface area contributed by atoms with Crippen molar-refractivity contribution in [1.82, 2.24) is 9.29 Å². The first-order valence-electron chi connectivity index (χ1n) is 5.00. The first-order chi connectivity index (χ1) is 7.95. The van der Waals surface area contributed by atoms with Crippen LogP contribution in [0.1, 0.15) is 6.42 Å². The van der Waals surface area contributed by atoms with Crippen molar-refractivity contribution in [3.05, 3.63) is 24.3 Å². The van der Waals surface area contributed by atoms with E-state index in [1.165, 1.54) is 13.2 Å². The van der Waals surface area contributed by atoms with Gasteiger partial charge >= 0.3 is 10.2 Å². The maximum atomic E-state index is 12.8. The van der Waals surface area contributed by atoms with Gasteiger partial charge in [-0.3, -0.25) is 9.71 Å². The highest BCUT2D eigenvalue weighted by atomic mass is 32.2. The quantitative estimate of drug-likeness (QED) is 0.764. The van der Waals surface area contributed by atoms with Crippen LogP contribution in [-0.2, 0) is 10.2 Å². The lowest BCUT2D eigenvalue weighted by atomic mass is 10.4. The minimum Gasteiger partial charge on any atom is -0.330 e. The van der Waals surface area contributed by atoms with E-state index < -0.39 is 16.0 Å². The summed E-state index contributed by atoms with van der Waals surface area (Å²) in [5.41, 5.74) is 5.38. The summed E-state index contributed by atoms with van der Waals surface area (Å²) in [6.07, 6.45) is 2.78. The molecule has 0 aliphatic heterocycles. The number of nitrogens with zero attached hydrogens (tertiary/aromatic N) is 2. The molecule has 3 N–H and O–H groups in total. The van der Waals surface area contributed by atoms with E-state index in [1.807, 2.05) is 0 Å². The number of pyridine rings is 1. The van der Waals surface area contributed by atoms with Gasteiger partial charge in [0.2, 0.25) is 0 Å². The molecule has 0 bridgehead atoms. The van der Waals surface area contributed by atoms with Crippen LogP contribution in [0.5, 0.6) is 0 Å². The molecular formula is C9H15FN4O2S. The maximum Gasteiger partial charge on any atom is 0.301 e. The zero-order chi connectivity index (χ0) is 12.9. The number of anilines is 1. The normalized spacial score (nSPS) is 11.8. The lowest BCUT2D eigenvalue weighted by Gasteiger charge is -2.17. The number of halogens is 1. The molecule has 0 unspecified atom stereocenters. The minimum atomic E-state index is -3.68. The molecule has 1 aromatic heterocycles. The van der Waals surface area contributed by atoms with Crippen LogP contribution < -0.4 is 10.5 Å². The lowest BCUT2D eigenvalue weighted by Crippen LogP contribution is -2.34. The zero-order valence-corrected chi connectivity index (χ0v) is 10.2. The topological polar surface area (TPSA) is 88.3 Å². The molecule has 0 aliphatic rings. The summed E-state index contributed by atoms with van der Waals surface area (Å²) in [6, 6.07) is 1.06. The number of aromatic nitrogens is 1. The standard InChI is InChI=1S/C9H15FN4O2S/c1-14(4-2-3-11)17(15,16)13-9-5-8(10)6-12-7-9/h5-7,13H,2-4,11H2,1H3. The highest BCUT2D eigenvalue weighted by Gasteiger charge is 2.17. The SMILES string of the molecule is CN(CCCN)S(=O)(=O)Nc1cncc(F)c1. The van der Waals surface area contributed by atoms with Gasteiger partial charge in [-0.15, -0.1) is 0 Å². The molecule has 0 aliphatic carbocycles. The van der Waals surface area contributed by atoms with Crippen molar-refractivity contribution in [3.63, 3.8) is 0 Å². The molecule has 0 amide bonds. The molecule has 6 nitrogen and oxygen atoms in total. The number of rotatable bonds is 6. The smallest absolute Gasteiger partial charge is 0.301 e. The molecule has 1 heterocycles. The van der Waals surface area contributed by atoms with Crippen molar-refractivity contribution in [2.24, 2.45) is 5.73 Å². The van der Waals surface area contributed by atoms with Gasteiger partial charge in [0.15, 0.2) is 0 Å². The Morgan fingerprint density at radius 3 is 2.82 bits per heavy atom. The fraction of sp³-hybridized carbons (Fsp3) is 0.444. The largest absolute Gasteiger partial charge is 0.330 e. The molecule has 0 radical (unpaired) electrons. The summed E-state index contributed by atoms with van der Waals surface area (Å²) < 4.78 is 39.6.